The fraction of sp³-hybridized carbons (Fsp3) is 0.824. The van der Waals surface area contributed by atoms with E-state index >= 15 is 0 Å². The molecule has 138 valence electrons. The van der Waals surface area contributed by atoms with E-state index in [1.54, 1.807) is 7.05 Å². The third-order valence-electron chi connectivity index (χ3n) is 3.86. The Labute approximate surface area is 145 Å². The van der Waals surface area contributed by atoms with Crippen molar-refractivity contribution in [1.29, 1.82) is 0 Å². The molecule has 0 aliphatic carbocycles. The number of rotatable bonds is 5. The van der Waals surface area contributed by atoms with Gasteiger partial charge in [-0.05, 0) is 20.8 Å². The third kappa shape index (κ3) is 6.86. The van der Waals surface area contributed by atoms with Crippen molar-refractivity contribution in [2.45, 2.75) is 40.2 Å². The smallest absolute Gasteiger partial charge is 0.240 e. The minimum atomic E-state index is -0.305. The number of hydrogen-bond donors (Lipinski definition) is 1. The van der Waals surface area contributed by atoms with Gasteiger partial charge in [0.15, 0.2) is 0 Å². The lowest BCUT2D eigenvalue weighted by Crippen LogP contribution is -2.53. The van der Waals surface area contributed by atoms with Gasteiger partial charge in [0, 0.05) is 44.7 Å². The average Bonchev–Trinajstić information content (AvgIpc) is 2.44. The number of carbonyl (C=O) groups is 3. The molecule has 0 aromatic carbocycles. The zero-order chi connectivity index (χ0) is 18.5. The number of nitrogens with one attached hydrogen (secondary N) is 1. The summed E-state index contributed by atoms with van der Waals surface area (Å²) in [7, 11) is 1.64. The van der Waals surface area contributed by atoms with Gasteiger partial charge in [-0.15, -0.1) is 0 Å². The molecule has 0 radical (unpaired) electrons. The van der Waals surface area contributed by atoms with Gasteiger partial charge in [0.05, 0.1) is 13.1 Å². The number of hydrogen-bond acceptors (Lipinski definition) is 4. The lowest BCUT2D eigenvalue weighted by molar-refractivity contribution is -0.138. The molecular formula is C17H32N4O3. The molecule has 0 unspecified atom stereocenters. The summed E-state index contributed by atoms with van der Waals surface area (Å²) in [6, 6.07) is 0. The molecule has 7 heteroatoms. The van der Waals surface area contributed by atoms with Gasteiger partial charge in [0.25, 0.3) is 0 Å². The number of likely N-dealkylation sites (N-methyl/N-ethyl adjacent to an activating group) is 1. The Kier molecular flexibility index (Phi) is 7.20. The lowest BCUT2D eigenvalue weighted by atomic mass is 10.1. The van der Waals surface area contributed by atoms with Crippen molar-refractivity contribution in [2.75, 3.05) is 46.3 Å². The highest BCUT2D eigenvalue weighted by Crippen LogP contribution is 2.07. The van der Waals surface area contributed by atoms with Crippen molar-refractivity contribution in [3.05, 3.63) is 0 Å². The highest BCUT2D eigenvalue weighted by Gasteiger charge is 2.25. The Morgan fingerprint density at radius 2 is 1.62 bits per heavy atom. The maximum absolute atomic E-state index is 12.3. The lowest BCUT2D eigenvalue weighted by Gasteiger charge is -2.35. The predicted octanol–water partition coefficient (Wildman–Crippen LogP) is 0.160. The minimum Gasteiger partial charge on any atom is -0.350 e. The Morgan fingerprint density at radius 1 is 1.08 bits per heavy atom. The normalized spacial score (nSPS) is 16.2. The summed E-state index contributed by atoms with van der Waals surface area (Å²) in [6.07, 6.45) is 0. The highest BCUT2D eigenvalue weighted by molar-refractivity contribution is 5.85. The maximum atomic E-state index is 12.3. The van der Waals surface area contributed by atoms with Crippen LogP contribution in [0.3, 0.4) is 0 Å². The molecule has 0 bridgehead atoms. The van der Waals surface area contributed by atoms with Crippen LogP contribution in [0.15, 0.2) is 0 Å². The van der Waals surface area contributed by atoms with E-state index in [0.717, 1.165) is 0 Å². The van der Waals surface area contributed by atoms with Crippen LogP contribution in [0.5, 0.6) is 0 Å². The molecular weight excluding hydrogens is 308 g/mol. The molecule has 1 heterocycles. The Morgan fingerprint density at radius 3 is 2.08 bits per heavy atom. The summed E-state index contributed by atoms with van der Waals surface area (Å²) in [5.41, 5.74) is -0.305. The van der Waals surface area contributed by atoms with E-state index in [9.17, 15) is 14.4 Å². The van der Waals surface area contributed by atoms with Gasteiger partial charge in [-0.3, -0.25) is 19.3 Å². The van der Waals surface area contributed by atoms with E-state index in [4.69, 9.17) is 0 Å². The van der Waals surface area contributed by atoms with Crippen molar-refractivity contribution in [3.8, 4) is 0 Å². The fourth-order valence-electron chi connectivity index (χ4n) is 2.56. The second kappa shape index (κ2) is 8.46. The predicted molar refractivity (Wildman–Crippen MR) is 93.4 cm³/mol. The van der Waals surface area contributed by atoms with Gasteiger partial charge in [-0.25, -0.2) is 0 Å². The summed E-state index contributed by atoms with van der Waals surface area (Å²) in [6.45, 7) is 12.5. The van der Waals surface area contributed by atoms with Crippen LogP contribution in [-0.4, -0.2) is 84.3 Å². The van der Waals surface area contributed by atoms with E-state index in [0.29, 0.717) is 26.2 Å². The molecule has 1 fully saturated rings. The van der Waals surface area contributed by atoms with Crippen LogP contribution < -0.4 is 5.32 Å². The van der Waals surface area contributed by atoms with E-state index in [1.165, 1.54) is 4.90 Å². The number of nitrogens with zero attached hydrogens (tertiary/aromatic N) is 3. The Hall–Kier alpha value is -1.63. The van der Waals surface area contributed by atoms with Gasteiger partial charge in [-0.2, -0.15) is 0 Å². The van der Waals surface area contributed by atoms with Crippen molar-refractivity contribution in [2.24, 2.45) is 5.92 Å². The topological polar surface area (TPSA) is 73.0 Å². The number of carbonyl (C=O) groups excluding carboxylic acids is 3. The van der Waals surface area contributed by atoms with Crippen LogP contribution in [0.2, 0.25) is 0 Å². The summed E-state index contributed by atoms with van der Waals surface area (Å²) in [5.74, 6) is -0.0732. The van der Waals surface area contributed by atoms with Gasteiger partial charge in [-0.1, -0.05) is 13.8 Å². The standard InChI is InChI=1S/C17H32N4O3/c1-13(2)16(24)21-9-7-20(8-10-21)12-15(23)19(6)11-14(22)18-17(3,4)5/h13H,7-12H2,1-6H3,(H,18,22). The Balaban J connectivity index is 2.38. The zero-order valence-corrected chi connectivity index (χ0v) is 15.9. The number of piperazine rings is 1. The van der Waals surface area contributed by atoms with Crippen LogP contribution in [0.25, 0.3) is 0 Å². The second-order valence-electron chi connectivity index (χ2n) is 7.80. The maximum Gasteiger partial charge on any atom is 0.240 e. The number of amides is 3. The van der Waals surface area contributed by atoms with Crippen molar-refractivity contribution in [3.63, 3.8) is 0 Å². The highest BCUT2D eigenvalue weighted by atomic mass is 16.2. The molecule has 1 aliphatic heterocycles. The van der Waals surface area contributed by atoms with Crippen LogP contribution in [0.1, 0.15) is 34.6 Å². The molecule has 1 N–H and O–H groups in total. The van der Waals surface area contributed by atoms with E-state index in [2.05, 4.69) is 5.32 Å². The molecule has 1 aliphatic rings. The van der Waals surface area contributed by atoms with Crippen molar-refractivity contribution >= 4 is 17.7 Å². The first-order valence-corrected chi connectivity index (χ1v) is 8.55. The Bertz CT molecular complexity index is 463. The summed E-state index contributed by atoms with van der Waals surface area (Å²) in [5, 5.41) is 2.85. The summed E-state index contributed by atoms with van der Waals surface area (Å²) in [4.78, 5) is 41.4. The van der Waals surface area contributed by atoms with Crippen molar-refractivity contribution < 1.29 is 14.4 Å². The summed E-state index contributed by atoms with van der Waals surface area (Å²) < 4.78 is 0. The molecule has 0 saturated carbocycles. The first-order valence-electron chi connectivity index (χ1n) is 8.55. The first-order chi connectivity index (χ1) is 11.0. The fourth-order valence-corrected chi connectivity index (χ4v) is 2.56. The molecule has 1 rings (SSSR count). The van der Waals surface area contributed by atoms with Crippen LogP contribution in [0, 0.1) is 5.92 Å². The SMILES string of the molecule is CC(C)C(=O)N1CCN(CC(=O)N(C)CC(=O)NC(C)(C)C)CC1. The van der Waals surface area contributed by atoms with Gasteiger partial charge in [0.2, 0.25) is 17.7 Å². The molecule has 7 nitrogen and oxygen atoms in total. The average molecular weight is 340 g/mol. The van der Waals surface area contributed by atoms with E-state index in [-0.39, 0.29) is 42.3 Å². The third-order valence-corrected chi connectivity index (χ3v) is 3.86. The quantitative estimate of drug-likeness (QED) is 0.774. The zero-order valence-electron chi connectivity index (χ0n) is 15.9. The summed E-state index contributed by atoms with van der Waals surface area (Å²) >= 11 is 0. The van der Waals surface area contributed by atoms with Crippen molar-refractivity contribution in [1.82, 2.24) is 20.0 Å². The van der Waals surface area contributed by atoms with Gasteiger partial charge < -0.3 is 15.1 Å². The molecule has 24 heavy (non-hydrogen) atoms. The molecule has 3 amide bonds. The monoisotopic (exact) mass is 340 g/mol. The van der Waals surface area contributed by atoms with Crippen LogP contribution >= 0.6 is 0 Å². The van der Waals surface area contributed by atoms with Crippen LogP contribution in [-0.2, 0) is 14.4 Å². The van der Waals surface area contributed by atoms with E-state index < -0.39 is 0 Å². The largest absolute Gasteiger partial charge is 0.350 e. The molecule has 0 spiro atoms. The molecule has 0 aromatic rings. The first kappa shape index (κ1) is 20.4. The van der Waals surface area contributed by atoms with Gasteiger partial charge >= 0.3 is 0 Å². The van der Waals surface area contributed by atoms with Crippen LogP contribution in [0.4, 0.5) is 0 Å². The molecule has 0 atom stereocenters. The van der Waals surface area contributed by atoms with Gasteiger partial charge in [0.1, 0.15) is 0 Å². The second-order valence-corrected chi connectivity index (χ2v) is 7.80. The molecule has 0 aromatic heterocycles. The minimum absolute atomic E-state index is 0.00523. The molecule has 1 saturated heterocycles. The van der Waals surface area contributed by atoms with E-state index in [1.807, 2.05) is 44.4 Å².